The minimum Gasteiger partial charge on any atom is -0.450 e. The average molecular weight is 191 g/mol. The molecule has 7 nitrogen and oxygen atoms in total. The van der Waals surface area contributed by atoms with E-state index in [-0.39, 0.29) is 60.8 Å². The number of hydrogen-bond acceptors (Lipinski definition) is 3. The van der Waals surface area contributed by atoms with E-state index < -0.39 is 11.2 Å². The van der Waals surface area contributed by atoms with Crippen LogP contribution in [0.4, 0.5) is 4.79 Å². The third kappa shape index (κ3) is 1940. The fourth-order valence-electron chi connectivity index (χ4n) is 0. The van der Waals surface area contributed by atoms with Crippen LogP contribution in [0.25, 0.3) is 0 Å². The Bertz CT molecular complexity index is 75.7. The van der Waals surface area contributed by atoms with Crippen LogP contribution in [0.2, 0.25) is 0 Å². The molecule has 0 aromatic rings. The zero-order valence-electron chi connectivity index (χ0n) is 4.22. The number of carboxylic acid groups (broad SMARTS) is 2. The molecular formula is CH5CaMgNO6+2. The molecule has 0 amide bonds. The molecule has 0 aromatic heterocycles. The first-order valence-corrected chi connectivity index (χ1v) is 1.22. The molecule has 0 heterocycles. The molecule has 0 aliphatic rings. The molecular weight excluding hydrogens is 186 g/mol. The van der Waals surface area contributed by atoms with E-state index in [1.165, 1.54) is 0 Å². The molecule has 52 valence electrons. The van der Waals surface area contributed by atoms with Crippen LogP contribution in [-0.2, 0) is 0 Å². The van der Waals surface area contributed by atoms with Crippen molar-refractivity contribution in [3.05, 3.63) is 10.1 Å². The van der Waals surface area contributed by atoms with E-state index in [1.54, 1.807) is 0 Å². The molecule has 3 N–H and O–H groups in total. The molecule has 0 aromatic carbocycles. The number of hydrogen-bond donors (Lipinski definition) is 3. The summed E-state index contributed by atoms with van der Waals surface area (Å²) in [5.41, 5.74) is 0. The van der Waals surface area contributed by atoms with E-state index in [9.17, 15) is 0 Å². The predicted octanol–water partition coefficient (Wildman–Crippen LogP) is -1.42. The second-order valence-corrected chi connectivity index (χ2v) is 0.520. The van der Waals surface area contributed by atoms with Gasteiger partial charge in [0.15, 0.2) is 0 Å². The quantitative estimate of drug-likeness (QED) is 0.245. The van der Waals surface area contributed by atoms with Crippen LogP contribution < -0.4 is 0 Å². The first-order valence-electron chi connectivity index (χ1n) is 1.22. The van der Waals surface area contributed by atoms with Crippen molar-refractivity contribution in [2.75, 3.05) is 0 Å². The van der Waals surface area contributed by atoms with Crippen LogP contribution in [0.3, 0.4) is 0 Å². The molecule has 0 atom stereocenters. The molecule has 0 fully saturated rings. The van der Waals surface area contributed by atoms with Crippen LogP contribution in [-0.4, -0.2) is 87.5 Å². The summed E-state index contributed by atoms with van der Waals surface area (Å²) >= 11 is 0. The van der Waals surface area contributed by atoms with Gasteiger partial charge in [-0.25, -0.2) is 4.79 Å². The van der Waals surface area contributed by atoms with E-state index in [0.717, 1.165) is 0 Å². The Morgan fingerprint density at radius 3 is 1.40 bits per heavy atom. The molecule has 0 saturated carbocycles. The maximum absolute atomic E-state index is 8.56. The van der Waals surface area contributed by atoms with Gasteiger partial charge in [0.1, 0.15) is 0 Å². The van der Waals surface area contributed by atoms with Crippen molar-refractivity contribution in [2.45, 2.75) is 0 Å². The molecule has 0 radical (unpaired) electrons. The minimum absolute atomic E-state index is 0. The SMILES string of the molecule is O=C(O)O.O=[N+]([O-])O.[Ca+2].[MgH2]. The van der Waals surface area contributed by atoms with E-state index in [0.29, 0.717) is 0 Å². The average Bonchev–Trinajstić information content (AvgIpc) is 1.25. The summed E-state index contributed by atoms with van der Waals surface area (Å²) in [5, 5.41) is 27.6. The Kier molecular flexibility index (Phi) is 36.4. The number of nitrogens with zero attached hydrogens (tertiary/aromatic N) is 1. The van der Waals surface area contributed by atoms with Crippen LogP contribution in [0.5, 0.6) is 0 Å². The third-order valence-corrected chi connectivity index (χ3v) is 0. The number of carbonyl (C=O) groups is 1. The summed E-state index contributed by atoms with van der Waals surface area (Å²) in [7, 11) is 0. The predicted molar refractivity (Wildman–Crippen MR) is 33.7 cm³/mol. The summed E-state index contributed by atoms with van der Waals surface area (Å²) in [6, 6.07) is 0. The largest absolute Gasteiger partial charge is 2.00 e. The van der Waals surface area contributed by atoms with Gasteiger partial charge in [0.25, 0.3) is 5.09 Å². The molecule has 0 rings (SSSR count). The second kappa shape index (κ2) is 16.2. The van der Waals surface area contributed by atoms with E-state index in [2.05, 4.69) is 0 Å². The molecule has 0 aliphatic heterocycles. The van der Waals surface area contributed by atoms with Gasteiger partial charge < -0.3 is 15.4 Å². The monoisotopic (exact) mass is 191 g/mol. The Hall–Kier alpha value is 0.496. The zero-order chi connectivity index (χ0) is 7.15. The first-order chi connectivity index (χ1) is 3.46. The Morgan fingerprint density at radius 1 is 1.40 bits per heavy atom. The van der Waals surface area contributed by atoms with Gasteiger partial charge in [-0.1, -0.05) is 0 Å². The maximum atomic E-state index is 8.56. The second-order valence-electron chi connectivity index (χ2n) is 0.520. The molecule has 0 bridgehead atoms. The van der Waals surface area contributed by atoms with Crippen LogP contribution in [0.15, 0.2) is 0 Å². The molecule has 0 spiro atoms. The van der Waals surface area contributed by atoms with Crippen molar-refractivity contribution in [3.8, 4) is 0 Å². The first kappa shape index (κ1) is 22.4. The Labute approximate surface area is 101 Å². The summed E-state index contributed by atoms with van der Waals surface area (Å²) in [4.78, 5) is 16.9. The molecule has 9 heteroatoms. The molecule has 0 unspecified atom stereocenters. The Balaban J connectivity index is -0.0000000300. The van der Waals surface area contributed by atoms with Crippen molar-refractivity contribution >= 4 is 66.9 Å². The summed E-state index contributed by atoms with van der Waals surface area (Å²) in [5.74, 6) is 0. The maximum Gasteiger partial charge on any atom is 2.00 e. The van der Waals surface area contributed by atoms with E-state index in [1.807, 2.05) is 0 Å². The Morgan fingerprint density at radius 2 is 1.40 bits per heavy atom. The minimum atomic E-state index is -1.83. The fraction of sp³-hybridized carbons (Fsp3) is 0. The molecule has 0 aliphatic carbocycles. The van der Waals surface area contributed by atoms with Crippen molar-refractivity contribution in [2.24, 2.45) is 0 Å². The summed E-state index contributed by atoms with van der Waals surface area (Å²) < 4.78 is 0. The van der Waals surface area contributed by atoms with Crippen LogP contribution >= 0.6 is 0 Å². The normalized spacial score (nSPS) is 4.80. The van der Waals surface area contributed by atoms with Gasteiger partial charge in [-0.05, 0) is 0 Å². The van der Waals surface area contributed by atoms with Crippen molar-refractivity contribution in [1.82, 2.24) is 0 Å². The van der Waals surface area contributed by atoms with Gasteiger partial charge in [0.05, 0.1) is 0 Å². The third-order valence-electron chi connectivity index (χ3n) is 0. The molecule has 0 saturated heterocycles. The summed E-state index contributed by atoms with van der Waals surface area (Å²) in [6.45, 7) is 0. The van der Waals surface area contributed by atoms with Gasteiger partial charge in [0.2, 0.25) is 0 Å². The summed E-state index contributed by atoms with van der Waals surface area (Å²) in [6.07, 6.45) is -1.83. The van der Waals surface area contributed by atoms with E-state index in [4.69, 9.17) is 30.3 Å². The van der Waals surface area contributed by atoms with E-state index >= 15 is 0 Å². The van der Waals surface area contributed by atoms with Gasteiger partial charge in [-0.15, -0.1) is 10.1 Å². The smallest absolute Gasteiger partial charge is 0.450 e. The fourth-order valence-corrected chi connectivity index (χ4v) is 0. The van der Waals surface area contributed by atoms with Gasteiger partial charge in [-0.2, -0.15) is 0 Å². The van der Waals surface area contributed by atoms with Crippen molar-refractivity contribution in [3.63, 3.8) is 0 Å². The van der Waals surface area contributed by atoms with Crippen LogP contribution in [0, 0.1) is 10.1 Å². The van der Waals surface area contributed by atoms with Gasteiger partial charge in [-0.3, -0.25) is 0 Å². The molecule has 10 heavy (non-hydrogen) atoms. The number of rotatable bonds is 0. The standard InChI is InChI=1S/CH2O3.Ca.Mg.HNO3.2H/c2-1(3)4;;;2-1(3)4;;/h(H2,2,3,4);;;(H,2,3,4);;/q;+2;;;;. The van der Waals surface area contributed by atoms with Gasteiger partial charge in [0, 0.05) is 0 Å². The topological polar surface area (TPSA) is 121 Å². The van der Waals surface area contributed by atoms with Crippen molar-refractivity contribution in [1.29, 1.82) is 0 Å². The zero-order valence-corrected chi connectivity index (χ0v) is 6.43. The van der Waals surface area contributed by atoms with Crippen LogP contribution in [0.1, 0.15) is 0 Å². The van der Waals surface area contributed by atoms with Crippen molar-refractivity contribution < 1.29 is 25.3 Å². The van der Waals surface area contributed by atoms with Gasteiger partial charge >= 0.3 is 66.9 Å².